The lowest BCUT2D eigenvalue weighted by Gasteiger charge is -2.27. The van der Waals surface area contributed by atoms with Crippen molar-refractivity contribution in [3.63, 3.8) is 0 Å². The van der Waals surface area contributed by atoms with Crippen molar-refractivity contribution in [1.82, 2.24) is 0 Å². The number of rotatable bonds is 13. The molecule has 0 bridgehead atoms. The summed E-state index contributed by atoms with van der Waals surface area (Å²) >= 11 is 3.21. The van der Waals surface area contributed by atoms with E-state index >= 15 is 0 Å². The number of nitrogens with one attached hydrogen (secondary N) is 1. The molecule has 1 amide bonds. The van der Waals surface area contributed by atoms with E-state index in [0.29, 0.717) is 5.69 Å². The zero-order chi connectivity index (χ0) is 30.0. The van der Waals surface area contributed by atoms with Crippen LogP contribution in [0.5, 0.6) is 5.75 Å². The van der Waals surface area contributed by atoms with Crippen LogP contribution in [0.4, 0.5) is 28.4 Å². The number of azo groups is 1. The number of esters is 2. The second-order valence-electron chi connectivity index (χ2n) is 8.20. The van der Waals surface area contributed by atoms with E-state index in [2.05, 4.69) is 31.5 Å². The van der Waals surface area contributed by atoms with Gasteiger partial charge in [-0.1, -0.05) is 0 Å². The second kappa shape index (κ2) is 14.7. The molecule has 0 unspecified atom stereocenters. The summed E-state index contributed by atoms with van der Waals surface area (Å²) in [5.41, 5.74) is 0.477. The predicted molar refractivity (Wildman–Crippen MR) is 148 cm³/mol. The quantitative estimate of drug-likeness (QED) is 0.106. The van der Waals surface area contributed by atoms with Gasteiger partial charge in [-0.3, -0.25) is 29.3 Å². The first kappa shape index (κ1) is 31.8. The summed E-state index contributed by atoms with van der Waals surface area (Å²) in [5, 5.41) is 22.2. The van der Waals surface area contributed by atoms with Crippen LogP contribution in [0.15, 0.2) is 39.0 Å². The third kappa shape index (κ3) is 8.56. The number of nitro groups is 1. The Labute approximate surface area is 237 Å². The molecule has 214 valence electrons. The van der Waals surface area contributed by atoms with Crippen LogP contribution in [0.3, 0.4) is 0 Å². The van der Waals surface area contributed by atoms with E-state index < -0.39 is 28.6 Å². The molecule has 0 radical (unpaired) electrons. The number of benzene rings is 2. The molecule has 0 aromatic heterocycles. The Kier molecular flexibility index (Phi) is 11.7. The molecule has 0 aliphatic heterocycles. The molecule has 14 nitrogen and oxygen atoms in total. The standard InChI is InChI=1S/C25H28BrN5O9/c1-14(32)17-10-16(31(36)37)11-18(26)25(17)29-28-20-13-22(38-3)21(12-19(20)27-15(2)33)30(8-6-23(34)39-4)9-7-24(35)40-5/h10-13H,6-9H2,1-5H3,(H,27,33). The molecule has 2 aromatic rings. The Bertz CT molecular complexity index is 1330. The number of hydrogen-bond donors (Lipinski definition) is 1. The fourth-order valence-electron chi connectivity index (χ4n) is 3.51. The number of carbonyl (C=O) groups excluding carboxylic acids is 4. The Hall–Kier alpha value is -4.40. The summed E-state index contributed by atoms with van der Waals surface area (Å²) in [6.45, 7) is 2.83. The third-order valence-corrected chi connectivity index (χ3v) is 6.08. The number of amides is 1. The van der Waals surface area contributed by atoms with Gasteiger partial charge in [0.25, 0.3) is 5.69 Å². The predicted octanol–water partition coefficient (Wildman–Crippen LogP) is 4.87. The van der Waals surface area contributed by atoms with Crippen molar-refractivity contribution in [2.45, 2.75) is 26.7 Å². The Morgan fingerprint density at radius 1 is 0.975 bits per heavy atom. The summed E-state index contributed by atoms with van der Waals surface area (Å²) in [4.78, 5) is 60.2. The van der Waals surface area contributed by atoms with Crippen molar-refractivity contribution < 1.29 is 38.3 Å². The molecular weight excluding hydrogens is 594 g/mol. The zero-order valence-electron chi connectivity index (χ0n) is 22.5. The molecule has 40 heavy (non-hydrogen) atoms. The maximum absolute atomic E-state index is 12.2. The van der Waals surface area contributed by atoms with Gasteiger partial charge in [-0.05, 0) is 28.9 Å². The summed E-state index contributed by atoms with van der Waals surface area (Å²) in [5.74, 6) is -1.56. The van der Waals surface area contributed by atoms with Gasteiger partial charge in [-0.15, -0.1) is 10.2 Å². The van der Waals surface area contributed by atoms with E-state index in [1.165, 1.54) is 47.3 Å². The van der Waals surface area contributed by atoms with Gasteiger partial charge in [0.05, 0.1) is 60.5 Å². The molecular formula is C25H28BrN5O9. The number of nitrogens with zero attached hydrogens (tertiary/aromatic N) is 4. The molecule has 0 aliphatic rings. The molecule has 0 saturated heterocycles. The summed E-state index contributed by atoms with van der Waals surface area (Å²) < 4.78 is 15.2. The van der Waals surface area contributed by atoms with Gasteiger partial charge >= 0.3 is 11.9 Å². The molecule has 0 spiro atoms. The SMILES string of the molecule is COC(=O)CCN(CCC(=O)OC)c1cc(NC(C)=O)c(N=Nc2c(Br)cc([N+](=O)[O-])cc2C(C)=O)cc1OC. The Balaban J connectivity index is 2.65. The van der Waals surface area contributed by atoms with Crippen LogP contribution in [0.2, 0.25) is 0 Å². The lowest BCUT2D eigenvalue weighted by molar-refractivity contribution is -0.384. The van der Waals surface area contributed by atoms with Crippen molar-refractivity contribution in [3.8, 4) is 5.75 Å². The van der Waals surface area contributed by atoms with Gasteiger partial charge in [-0.25, -0.2) is 0 Å². The number of carbonyl (C=O) groups is 4. The van der Waals surface area contributed by atoms with Crippen LogP contribution < -0.4 is 15.0 Å². The fraction of sp³-hybridized carbons (Fsp3) is 0.360. The maximum Gasteiger partial charge on any atom is 0.307 e. The largest absolute Gasteiger partial charge is 0.494 e. The van der Waals surface area contributed by atoms with Gasteiger partial charge in [-0.2, -0.15) is 0 Å². The van der Waals surface area contributed by atoms with Crippen LogP contribution >= 0.6 is 15.9 Å². The average Bonchev–Trinajstić information content (AvgIpc) is 2.91. The van der Waals surface area contributed by atoms with Crippen LogP contribution in [0, 0.1) is 10.1 Å². The molecule has 0 atom stereocenters. The number of halogens is 1. The molecule has 0 fully saturated rings. The van der Waals surface area contributed by atoms with Crippen molar-refractivity contribution in [1.29, 1.82) is 0 Å². The molecule has 2 rings (SSSR count). The minimum Gasteiger partial charge on any atom is -0.494 e. The number of hydrogen-bond acceptors (Lipinski definition) is 12. The van der Waals surface area contributed by atoms with E-state index in [0.717, 1.165) is 6.07 Å². The number of anilines is 2. The van der Waals surface area contributed by atoms with Gasteiger partial charge in [0.1, 0.15) is 17.1 Å². The molecule has 0 aliphatic carbocycles. The fourth-order valence-corrected chi connectivity index (χ4v) is 4.04. The van der Waals surface area contributed by atoms with E-state index in [1.807, 2.05) is 0 Å². The summed E-state index contributed by atoms with van der Waals surface area (Å²) in [7, 11) is 3.92. The monoisotopic (exact) mass is 621 g/mol. The van der Waals surface area contributed by atoms with Crippen LogP contribution in [-0.2, 0) is 23.9 Å². The lowest BCUT2D eigenvalue weighted by atomic mass is 10.1. The van der Waals surface area contributed by atoms with Crippen molar-refractivity contribution in [3.05, 3.63) is 44.4 Å². The molecule has 0 saturated carbocycles. The molecule has 1 N–H and O–H groups in total. The van der Waals surface area contributed by atoms with E-state index in [9.17, 15) is 29.3 Å². The van der Waals surface area contributed by atoms with Crippen LogP contribution in [-0.4, -0.2) is 63.0 Å². The van der Waals surface area contributed by atoms with Gasteiger partial charge in [0, 0.05) is 38.2 Å². The highest BCUT2D eigenvalue weighted by molar-refractivity contribution is 9.10. The summed E-state index contributed by atoms with van der Waals surface area (Å²) in [6, 6.07) is 5.31. The van der Waals surface area contributed by atoms with Gasteiger partial charge < -0.3 is 24.4 Å². The second-order valence-corrected chi connectivity index (χ2v) is 9.05. The number of methoxy groups -OCH3 is 3. The molecule has 15 heteroatoms. The normalized spacial score (nSPS) is 10.7. The first-order valence-corrected chi connectivity index (χ1v) is 12.5. The van der Waals surface area contributed by atoms with E-state index in [-0.39, 0.29) is 64.5 Å². The Morgan fingerprint density at radius 3 is 2.05 bits per heavy atom. The third-order valence-electron chi connectivity index (χ3n) is 5.47. The van der Waals surface area contributed by atoms with Crippen molar-refractivity contribution in [2.24, 2.45) is 10.2 Å². The highest BCUT2D eigenvalue weighted by Gasteiger charge is 2.21. The molecule has 2 aromatic carbocycles. The van der Waals surface area contributed by atoms with Gasteiger partial charge in [0.15, 0.2) is 5.78 Å². The van der Waals surface area contributed by atoms with Gasteiger partial charge in [0.2, 0.25) is 5.91 Å². The topological polar surface area (TPSA) is 179 Å². The van der Waals surface area contributed by atoms with Crippen molar-refractivity contribution in [2.75, 3.05) is 44.6 Å². The average molecular weight is 622 g/mol. The Morgan fingerprint density at radius 2 is 1.57 bits per heavy atom. The highest BCUT2D eigenvalue weighted by atomic mass is 79.9. The first-order valence-electron chi connectivity index (χ1n) is 11.7. The minimum absolute atomic E-state index is 0.000247. The number of ether oxygens (including phenoxy) is 3. The smallest absolute Gasteiger partial charge is 0.307 e. The number of ketones is 1. The first-order chi connectivity index (χ1) is 18.9. The molecule has 0 heterocycles. The minimum atomic E-state index is -0.636. The van der Waals surface area contributed by atoms with E-state index in [1.54, 1.807) is 11.0 Å². The highest BCUT2D eigenvalue weighted by Crippen LogP contribution is 2.41. The number of nitro benzene ring substituents is 1. The zero-order valence-corrected chi connectivity index (χ0v) is 24.1. The number of Topliss-reactive ketones (excluding diaryl/α,β-unsaturated/α-hetero) is 1. The van der Waals surface area contributed by atoms with Crippen molar-refractivity contribution >= 4 is 68.0 Å². The maximum atomic E-state index is 12.2. The van der Waals surface area contributed by atoms with E-state index in [4.69, 9.17) is 14.2 Å². The number of non-ortho nitro benzene ring substituents is 1. The van der Waals surface area contributed by atoms with Crippen LogP contribution in [0.25, 0.3) is 0 Å². The summed E-state index contributed by atoms with van der Waals surface area (Å²) in [6.07, 6.45) is -0.000494. The van der Waals surface area contributed by atoms with Crippen LogP contribution in [0.1, 0.15) is 37.0 Å². The lowest BCUT2D eigenvalue weighted by Crippen LogP contribution is -2.29.